The van der Waals surface area contributed by atoms with Gasteiger partial charge < -0.3 is 0 Å². The first-order valence-electron chi connectivity index (χ1n) is 6.31. The molecule has 4 aromatic rings. The molecule has 19 heavy (non-hydrogen) atoms. The Balaban J connectivity index is 1.82. The van der Waals surface area contributed by atoms with Crippen molar-refractivity contribution in [3.63, 3.8) is 0 Å². The summed E-state index contributed by atoms with van der Waals surface area (Å²) in [4.78, 5) is 0. The van der Waals surface area contributed by atoms with Gasteiger partial charge in [0.05, 0.1) is 0 Å². The third-order valence-corrected chi connectivity index (χ3v) is 6.87. The summed E-state index contributed by atoms with van der Waals surface area (Å²) in [5.41, 5.74) is 2.71. The van der Waals surface area contributed by atoms with E-state index >= 15 is 0 Å². The minimum absolute atomic E-state index is 0.876. The predicted octanol–water partition coefficient (Wildman–Crippen LogP) is 3.53. The fourth-order valence-corrected chi connectivity index (χ4v) is 5.70. The van der Waals surface area contributed by atoms with Crippen LogP contribution in [0.2, 0.25) is 0 Å². The van der Waals surface area contributed by atoms with Gasteiger partial charge in [-0.05, 0) is 0 Å². The first kappa shape index (κ1) is 11.2. The van der Waals surface area contributed by atoms with Crippen LogP contribution in [0.3, 0.4) is 0 Å². The second-order valence-electron chi connectivity index (χ2n) is 4.59. The molecule has 0 saturated heterocycles. The van der Waals surface area contributed by atoms with E-state index in [-0.39, 0.29) is 0 Å². The van der Waals surface area contributed by atoms with Crippen molar-refractivity contribution in [2.75, 3.05) is 0 Å². The topological polar surface area (TPSA) is 9.86 Å². The molecule has 0 spiro atoms. The van der Waals surface area contributed by atoms with Gasteiger partial charge in [-0.25, -0.2) is 0 Å². The van der Waals surface area contributed by atoms with Crippen molar-refractivity contribution in [1.29, 1.82) is 0 Å². The maximum absolute atomic E-state index is 2.45. The van der Waals surface area contributed by atoms with Crippen molar-refractivity contribution in [2.45, 2.75) is 0 Å². The van der Waals surface area contributed by atoms with Crippen molar-refractivity contribution in [2.24, 2.45) is 0 Å². The van der Waals surface area contributed by atoms with Gasteiger partial charge in [0.2, 0.25) is 0 Å². The quantitative estimate of drug-likeness (QED) is 0.489. The van der Waals surface area contributed by atoms with Crippen molar-refractivity contribution < 1.29 is 0 Å². The molecule has 2 aromatic carbocycles. The van der Waals surface area contributed by atoms with Gasteiger partial charge in [0.25, 0.3) is 0 Å². The van der Waals surface area contributed by atoms with Crippen LogP contribution in [0.1, 0.15) is 0 Å². The van der Waals surface area contributed by atoms with Crippen LogP contribution in [0.25, 0.3) is 21.8 Å². The Morgan fingerprint density at radius 2 is 1.05 bits per heavy atom. The van der Waals surface area contributed by atoms with E-state index < -0.39 is 21.7 Å². The molecule has 0 amide bonds. The molecule has 0 bridgehead atoms. The molecule has 2 nitrogen and oxygen atoms in total. The van der Waals surface area contributed by atoms with Crippen LogP contribution < -0.4 is 0 Å². The average Bonchev–Trinajstić information content (AvgIpc) is 3.05. The van der Waals surface area contributed by atoms with Crippen molar-refractivity contribution in [3.8, 4) is 0 Å². The summed E-state index contributed by atoms with van der Waals surface area (Å²) in [5, 5.41) is 2.67. The molecule has 4 rings (SSSR count). The van der Waals surface area contributed by atoms with Gasteiger partial charge >= 0.3 is 122 Å². The van der Waals surface area contributed by atoms with E-state index in [2.05, 4.69) is 78.6 Å². The zero-order chi connectivity index (χ0) is 12.7. The summed E-state index contributed by atoms with van der Waals surface area (Å²) >= 11 is -0.876. The Morgan fingerprint density at radius 3 is 1.58 bits per heavy atom. The van der Waals surface area contributed by atoms with E-state index in [9.17, 15) is 0 Å². The van der Waals surface area contributed by atoms with E-state index in [0.29, 0.717) is 0 Å². The Morgan fingerprint density at radius 1 is 0.579 bits per heavy atom. The third-order valence-electron chi connectivity index (χ3n) is 3.41. The Hall–Kier alpha value is -1.68. The summed E-state index contributed by atoms with van der Waals surface area (Å²) in [5.74, 6) is 0. The monoisotopic (exact) mass is 352 g/mol. The van der Waals surface area contributed by atoms with E-state index in [1.165, 1.54) is 21.8 Å². The molecule has 0 aliphatic rings. The van der Waals surface area contributed by atoms with E-state index in [4.69, 9.17) is 0 Å². The van der Waals surface area contributed by atoms with Gasteiger partial charge in [-0.2, -0.15) is 0 Å². The fourth-order valence-electron chi connectivity index (χ4n) is 2.46. The molecule has 2 radical (unpaired) electrons. The summed E-state index contributed by atoms with van der Waals surface area (Å²) < 4.78 is 4.90. The molecule has 0 N–H and O–H groups in total. The summed E-state index contributed by atoms with van der Waals surface area (Å²) in [6.45, 7) is 0. The summed E-state index contributed by atoms with van der Waals surface area (Å²) in [7, 11) is 0. The Labute approximate surface area is 122 Å². The normalized spacial score (nSPS) is 11.4. The van der Waals surface area contributed by atoms with Crippen LogP contribution in [0.5, 0.6) is 0 Å². The van der Waals surface area contributed by atoms with Gasteiger partial charge in [0.15, 0.2) is 0 Å². The van der Waals surface area contributed by atoms with Crippen LogP contribution in [0.15, 0.2) is 73.1 Å². The molecule has 0 unspecified atom stereocenters. The second-order valence-corrected chi connectivity index (χ2v) is 7.91. The zero-order valence-corrected chi connectivity index (χ0v) is 13.2. The zero-order valence-electron chi connectivity index (χ0n) is 10.3. The molecule has 0 aliphatic carbocycles. The molecule has 0 saturated carbocycles. The van der Waals surface area contributed by atoms with Crippen LogP contribution in [-0.4, -0.2) is 27.3 Å². The number of nitrogens with zero attached hydrogens (tertiary/aromatic N) is 2. The van der Waals surface area contributed by atoms with Crippen LogP contribution in [-0.2, 0) is 0 Å². The predicted molar refractivity (Wildman–Crippen MR) is 80.4 cm³/mol. The van der Waals surface area contributed by atoms with Crippen molar-refractivity contribution in [1.82, 2.24) is 5.58 Å². The van der Waals surface area contributed by atoms with Gasteiger partial charge in [-0.3, -0.25) is 0 Å². The Kier molecular flexibility index (Phi) is 2.62. The summed E-state index contributed by atoms with van der Waals surface area (Å²) in [6.07, 6.45) is 4.46. The first-order valence-corrected chi connectivity index (χ1v) is 8.86. The minimum atomic E-state index is -0.876. The molecular formula is C16H12N2Sn. The SMILES string of the molecule is c1ccc2c(c1)cc[n]2[Sn][n]1ccc2ccccc21. The third kappa shape index (κ3) is 1.87. The molecule has 0 atom stereocenters. The number of rotatable bonds is 2. The van der Waals surface area contributed by atoms with Gasteiger partial charge in [-0.15, -0.1) is 0 Å². The number of benzene rings is 2. The first-order chi connectivity index (χ1) is 9.42. The van der Waals surface area contributed by atoms with Crippen LogP contribution >= 0.6 is 0 Å². The number of hydrogen-bond acceptors (Lipinski definition) is 0. The molecular weight excluding hydrogens is 339 g/mol. The van der Waals surface area contributed by atoms with Crippen LogP contribution in [0.4, 0.5) is 0 Å². The van der Waals surface area contributed by atoms with Gasteiger partial charge in [0, 0.05) is 0 Å². The average molecular weight is 351 g/mol. The molecule has 90 valence electrons. The molecule has 0 fully saturated rings. The van der Waals surface area contributed by atoms with Gasteiger partial charge in [0.1, 0.15) is 0 Å². The molecule has 0 aliphatic heterocycles. The maximum atomic E-state index is 2.45. The second kappa shape index (κ2) is 4.45. The van der Waals surface area contributed by atoms with Crippen molar-refractivity contribution in [3.05, 3.63) is 73.1 Å². The standard InChI is InChI=1S/2C8H6N.Sn/c2*1-2-4-8-7(3-1)5-6-9-8;/h2*1-6H;/q2*-1;+2. The number of fused-ring (bicyclic) bond motifs is 2. The molecule has 3 heteroatoms. The van der Waals surface area contributed by atoms with Crippen LogP contribution in [0, 0.1) is 0 Å². The van der Waals surface area contributed by atoms with Crippen molar-refractivity contribution >= 4 is 43.5 Å². The van der Waals surface area contributed by atoms with Gasteiger partial charge in [-0.1, -0.05) is 0 Å². The Bertz CT molecular complexity index is 785. The number of hydrogen-bond donors (Lipinski definition) is 0. The van der Waals surface area contributed by atoms with E-state index in [0.717, 1.165) is 0 Å². The molecule has 2 aromatic heterocycles. The van der Waals surface area contributed by atoms with E-state index in [1.807, 2.05) is 0 Å². The number of aromatic nitrogens is 2. The fraction of sp³-hybridized carbons (Fsp3) is 0. The summed E-state index contributed by atoms with van der Waals surface area (Å²) in [6, 6.07) is 21.6. The molecule has 2 heterocycles. The number of para-hydroxylation sites is 2. The van der Waals surface area contributed by atoms with E-state index in [1.54, 1.807) is 0 Å².